The molecule has 266 valence electrons. The maximum atomic E-state index is 5.03. The van der Waals surface area contributed by atoms with E-state index in [9.17, 15) is 0 Å². The van der Waals surface area contributed by atoms with Crippen molar-refractivity contribution in [2.45, 2.75) is 0 Å². The highest BCUT2D eigenvalue weighted by atomic mass is 15.0. The number of aromatic nitrogens is 4. The molecule has 57 heavy (non-hydrogen) atoms. The van der Waals surface area contributed by atoms with Crippen LogP contribution in [-0.2, 0) is 0 Å². The lowest BCUT2D eigenvalue weighted by molar-refractivity contribution is 1.07. The molecule has 0 aliphatic rings. The molecule has 0 unspecified atom stereocenters. The van der Waals surface area contributed by atoms with E-state index < -0.39 is 0 Å². The van der Waals surface area contributed by atoms with Crippen molar-refractivity contribution in [3.05, 3.63) is 206 Å². The number of para-hydroxylation sites is 1. The van der Waals surface area contributed by atoms with Crippen molar-refractivity contribution in [2.75, 3.05) is 0 Å². The van der Waals surface area contributed by atoms with E-state index in [0.29, 0.717) is 17.5 Å². The van der Waals surface area contributed by atoms with Crippen molar-refractivity contribution >= 4 is 43.4 Å². The van der Waals surface area contributed by atoms with Crippen LogP contribution in [-0.4, -0.2) is 19.5 Å². The van der Waals surface area contributed by atoms with E-state index in [4.69, 9.17) is 15.0 Å². The Kier molecular flexibility index (Phi) is 7.78. The minimum Gasteiger partial charge on any atom is -0.309 e. The van der Waals surface area contributed by atoms with Gasteiger partial charge in [-0.1, -0.05) is 170 Å². The Morgan fingerprint density at radius 3 is 1.33 bits per heavy atom. The summed E-state index contributed by atoms with van der Waals surface area (Å²) >= 11 is 0. The van der Waals surface area contributed by atoms with Crippen LogP contribution in [0.2, 0.25) is 0 Å². The van der Waals surface area contributed by atoms with Crippen LogP contribution in [0.4, 0.5) is 0 Å². The highest BCUT2D eigenvalue weighted by Crippen LogP contribution is 2.36. The molecule has 4 heteroatoms. The zero-order chi connectivity index (χ0) is 37.7. The van der Waals surface area contributed by atoms with Crippen molar-refractivity contribution in [2.24, 2.45) is 0 Å². The summed E-state index contributed by atoms with van der Waals surface area (Å²) in [4.78, 5) is 15.0. The standard InChI is InChI=1S/C53H34N4/c1-2-11-39(12-3-1)51-54-52(56-53(55-51)41-25-20-38(21-26-41)45-27-22-35-10-4-5-13-42(35)32-45)40-23-18-36(19-24-40)37-28-30-46(31-29-37)57-49-17-9-8-16-47(49)48-33-43-14-6-7-15-44(43)34-50(48)57/h1-34H. The monoisotopic (exact) mass is 726 g/mol. The smallest absolute Gasteiger partial charge is 0.164 e. The first kappa shape index (κ1) is 32.7. The van der Waals surface area contributed by atoms with Crippen molar-refractivity contribution in [3.63, 3.8) is 0 Å². The second-order valence-electron chi connectivity index (χ2n) is 14.5. The first-order valence-electron chi connectivity index (χ1n) is 19.3. The lowest BCUT2D eigenvalue weighted by atomic mass is 10.00. The minimum absolute atomic E-state index is 0.637. The summed E-state index contributed by atoms with van der Waals surface area (Å²) < 4.78 is 2.38. The summed E-state index contributed by atoms with van der Waals surface area (Å²) in [6, 6.07) is 73.0. The van der Waals surface area contributed by atoms with Gasteiger partial charge in [0, 0.05) is 33.2 Å². The fraction of sp³-hybridized carbons (Fsp3) is 0. The second kappa shape index (κ2) is 13.6. The van der Waals surface area contributed by atoms with Crippen LogP contribution in [0.15, 0.2) is 206 Å². The number of hydrogen-bond acceptors (Lipinski definition) is 3. The predicted molar refractivity (Wildman–Crippen MR) is 236 cm³/mol. The van der Waals surface area contributed by atoms with Gasteiger partial charge in [-0.25, -0.2) is 15.0 Å². The zero-order valence-corrected chi connectivity index (χ0v) is 30.9. The Balaban J connectivity index is 0.923. The Labute approximate surface area is 330 Å². The first-order valence-corrected chi connectivity index (χ1v) is 19.3. The van der Waals surface area contributed by atoms with Gasteiger partial charge in [0.1, 0.15) is 0 Å². The van der Waals surface area contributed by atoms with Gasteiger partial charge in [-0.3, -0.25) is 0 Å². The summed E-state index contributed by atoms with van der Waals surface area (Å²) in [5.74, 6) is 1.92. The van der Waals surface area contributed by atoms with Crippen molar-refractivity contribution in [1.82, 2.24) is 19.5 Å². The van der Waals surface area contributed by atoms with Gasteiger partial charge in [-0.2, -0.15) is 0 Å². The molecular formula is C53H34N4. The minimum atomic E-state index is 0.637. The molecule has 0 bridgehead atoms. The highest BCUT2D eigenvalue weighted by molar-refractivity contribution is 6.13. The quantitative estimate of drug-likeness (QED) is 0.171. The molecule has 4 nitrogen and oxygen atoms in total. The van der Waals surface area contributed by atoms with Gasteiger partial charge < -0.3 is 4.57 Å². The highest BCUT2D eigenvalue weighted by Gasteiger charge is 2.15. The summed E-state index contributed by atoms with van der Waals surface area (Å²) in [6.07, 6.45) is 0. The van der Waals surface area contributed by atoms with Crippen LogP contribution in [0.5, 0.6) is 0 Å². The molecule has 0 atom stereocenters. The molecule has 9 aromatic carbocycles. The van der Waals surface area contributed by atoms with Crippen LogP contribution in [0.3, 0.4) is 0 Å². The first-order chi connectivity index (χ1) is 28.2. The second-order valence-corrected chi connectivity index (χ2v) is 14.5. The Morgan fingerprint density at radius 1 is 0.263 bits per heavy atom. The van der Waals surface area contributed by atoms with Crippen LogP contribution in [0.25, 0.3) is 105 Å². The van der Waals surface area contributed by atoms with E-state index in [-0.39, 0.29) is 0 Å². The van der Waals surface area contributed by atoms with Gasteiger partial charge in [-0.15, -0.1) is 0 Å². The van der Waals surface area contributed by atoms with Crippen LogP contribution < -0.4 is 0 Å². The van der Waals surface area contributed by atoms with Crippen molar-refractivity contribution < 1.29 is 0 Å². The predicted octanol–water partition coefficient (Wildman–Crippen LogP) is 13.6. The molecule has 0 saturated carbocycles. The molecule has 0 radical (unpaired) electrons. The fourth-order valence-corrected chi connectivity index (χ4v) is 8.08. The molecule has 0 saturated heterocycles. The SMILES string of the molecule is c1ccc(-c2nc(-c3ccc(-c4ccc(-n5c6ccccc6c6cc7ccccc7cc65)cc4)cc3)nc(-c3ccc(-c4ccc5ccccc5c4)cc3)n2)cc1. The topological polar surface area (TPSA) is 43.6 Å². The Bertz CT molecular complexity index is 3260. The molecule has 0 fully saturated rings. The largest absolute Gasteiger partial charge is 0.309 e. The van der Waals surface area contributed by atoms with Crippen molar-refractivity contribution in [3.8, 4) is 62.1 Å². The van der Waals surface area contributed by atoms with E-state index in [1.54, 1.807) is 0 Å². The van der Waals surface area contributed by atoms with E-state index >= 15 is 0 Å². The molecular weight excluding hydrogens is 693 g/mol. The third-order valence-corrected chi connectivity index (χ3v) is 11.0. The van der Waals surface area contributed by atoms with Gasteiger partial charge >= 0.3 is 0 Å². The van der Waals surface area contributed by atoms with Crippen LogP contribution >= 0.6 is 0 Å². The molecule has 0 aliphatic heterocycles. The average Bonchev–Trinajstić information content (AvgIpc) is 3.61. The molecule has 2 heterocycles. The number of nitrogens with zero attached hydrogens (tertiary/aromatic N) is 4. The van der Waals surface area contributed by atoms with E-state index in [2.05, 4.69) is 180 Å². The molecule has 0 spiro atoms. The molecule has 2 aromatic heterocycles. The average molecular weight is 727 g/mol. The lowest BCUT2D eigenvalue weighted by Gasteiger charge is -2.11. The van der Waals surface area contributed by atoms with Gasteiger partial charge in [0.25, 0.3) is 0 Å². The molecule has 0 aliphatic carbocycles. The van der Waals surface area contributed by atoms with E-state index in [0.717, 1.165) is 39.1 Å². The molecule has 11 aromatic rings. The third kappa shape index (κ3) is 5.92. The normalized spacial score (nSPS) is 11.5. The summed E-state index contributed by atoms with van der Waals surface area (Å²) in [6.45, 7) is 0. The summed E-state index contributed by atoms with van der Waals surface area (Å²) in [5.41, 5.74) is 11.0. The van der Waals surface area contributed by atoms with E-state index in [1.165, 1.54) is 48.9 Å². The maximum Gasteiger partial charge on any atom is 0.164 e. The summed E-state index contributed by atoms with van der Waals surface area (Å²) in [5, 5.41) is 7.47. The number of benzene rings is 9. The molecule has 0 N–H and O–H groups in total. The number of hydrogen-bond donors (Lipinski definition) is 0. The van der Waals surface area contributed by atoms with Crippen LogP contribution in [0.1, 0.15) is 0 Å². The van der Waals surface area contributed by atoms with Crippen LogP contribution in [0, 0.1) is 0 Å². The third-order valence-electron chi connectivity index (χ3n) is 11.0. The fourth-order valence-electron chi connectivity index (χ4n) is 8.08. The van der Waals surface area contributed by atoms with Gasteiger partial charge in [0.05, 0.1) is 11.0 Å². The zero-order valence-electron chi connectivity index (χ0n) is 30.9. The molecule has 11 rings (SSSR count). The Hall–Kier alpha value is -7.69. The van der Waals surface area contributed by atoms with Gasteiger partial charge in [0.2, 0.25) is 0 Å². The van der Waals surface area contributed by atoms with E-state index in [1.807, 2.05) is 30.3 Å². The van der Waals surface area contributed by atoms with Gasteiger partial charge in [0.15, 0.2) is 17.5 Å². The Morgan fingerprint density at radius 2 is 0.702 bits per heavy atom. The maximum absolute atomic E-state index is 5.03. The van der Waals surface area contributed by atoms with Gasteiger partial charge in [-0.05, 0) is 80.2 Å². The van der Waals surface area contributed by atoms with Crippen molar-refractivity contribution in [1.29, 1.82) is 0 Å². The number of fused-ring (bicyclic) bond motifs is 5. The molecule has 0 amide bonds. The number of rotatable bonds is 6. The summed E-state index contributed by atoms with van der Waals surface area (Å²) in [7, 11) is 0. The lowest BCUT2D eigenvalue weighted by Crippen LogP contribution is -2.00.